The van der Waals surface area contributed by atoms with Gasteiger partial charge in [0.15, 0.2) is 0 Å². The number of nitrogens with zero attached hydrogens (tertiary/aromatic N) is 1. The van der Waals surface area contributed by atoms with Crippen LogP contribution in [0.4, 0.5) is 11.4 Å². The number of nitrogens with one attached hydrogen (secondary N) is 1. The van der Waals surface area contributed by atoms with Crippen LogP contribution in [0.25, 0.3) is 6.08 Å². The van der Waals surface area contributed by atoms with Crippen molar-refractivity contribution in [2.75, 3.05) is 30.9 Å². The monoisotopic (exact) mass is 478 g/mol. The van der Waals surface area contributed by atoms with Crippen LogP contribution in [-0.4, -0.2) is 32.6 Å². The standard InChI is InChI=1S/C27H27ClN2O4/c1-5-19-17-20(8-13-24(19)30(3)4)27(32)29-21-9-11-22(12-10-21)34-25-14-7-18(15-23(25)28)16-26(31)33-6-2/h5,7-15,17H,1,6,16H2,2-4H3,(H,29,32). The third-order valence-corrected chi connectivity index (χ3v) is 5.28. The minimum atomic E-state index is -0.306. The third-order valence-electron chi connectivity index (χ3n) is 4.98. The molecule has 0 atom stereocenters. The van der Waals surface area contributed by atoms with Gasteiger partial charge in [0.1, 0.15) is 11.5 Å². The van der Waals surface area contributed by atoms with Gasteiger partial charge < -0.3 is 19.7 Å². The number of carbonyl (C=O) groups is 2. The maximum atomic E-state index is 12.7. The molecular weight excluding hydrogens is 452 g/mol. The molecule has 0 aliphatic rings. The third kappa shape index (κ3) is 6.39. The van der Waals surface area contributed by atoms with E-state index >= 15 is 0 Å². The van der Waals surface area contributed by atoms with Crippen LogP contribution in [0.3, 0.4) is 0 Å². The average molecular weight is 479 g/mol. The summed E-state index contributed by atoms with van der Waals surface area (Å²) in [5, 5.41) is 3.27. The highest BCUT2D eigenvalue weighted by Gasteiger charge is 2.11. The zero-order valence-electron chi connectivity index (χ0n) is 19.4. The normalized spacial score (nSPS) is 10.4. The summed E-state index contributed by atoms with van der Waals surface area (Å²) >= 11 is 6.32. The van der Waals surface area contributed by atoms with E-state index in [1.54, 1.807) is 61.5 Å². The van der Waals surface area contributed by atoms with E-state index in [-0.39, 0.29) is 18.3 Å². The second-order valence-corrected chi connectivity index (χ2v) is 8.11. The van der Waals surface area contributed by atoms with Crippen molar-refractivity contribution in [3.05, 3.63) is 89.0 Å². The summed E-state index contributed by atoms with van der Waals surface area (Å²) in [5.74, 6) is 0.493. The number of anilines is 2. The largest absolute Gasteiger partial charge is 0.466 e. The van der Waals surface area contributed by atoms with Crippen molar-refractivity contribution in [3.63, 3.8) is 0 Å². The molecule has 0 saturated carbocycles. The molecular formula is C27H27ClN2O4. The lowest BCUT2D eigenvalue weighted by Crippen LogP contribution is -2.14. The van der Waals surface area contributed by atoms with Gasteiger partial charge in [0.25, 0.3) is 5.91 Å². The van der Waals surface area contributed by atoms with Crippen molar-refractivity contribution < 1.29 is 19.1 Å². The van der Waals surface area contributed by atoms with Crippen LogP contribution in [0, 0.1) is 0 Å². The lowest BCUT2D eigenvalue weighted by atomic mass is 10.1. The molecule has 6 nitrogen and oxygen atoms in total. The van der Waals surface area contributed by atoms with Gasteiger partial charge in [-0.15, -0.1) is 0 Å². The van der Waals surface area contributed by atoms with Gasteiger partial charge in [-0.25, -0.2) is 0 Å². The summed E-state index contributed by atoms with van der Waals surface area (Å²) in [5.41, 5.74) is 3.78. The van der Waals surface area contributed by atoms with E-state index in [0.717, 1.165) is 16.8 Å². The minimum absolute atomic E-state index is 0.147. The molecule has 0 fully saturated rings. The number of hydrogen-bond acceptors (Lipinski definition) is 5. The van der Waals surface area contributed by atoms with Gasteiger partial charge in [0.2, 0.25) is 0 Å². The fourth-order valence-corrected chi connectivity index (χ4v) is 3.56. The molecule has 3 aromatic rings. The maximum Gasteiger partial charge on any atom is 0.310 e. The Morgan fingerprint density at radius 3 is 2.41 bits per heavy atom. The van der Waals surface area contributed by atoms with Gasteiger partial charge in [-0.3, -0.25) is 9.59 Å². The summed E-state index contributed by atoms with van der Waals surface area (Å²) in [7, 11) is 3.88. The predicted molar refractivity (Wildman–Crippen MR) is 137 cm³/mol. The smallest absolute Gasteiger partial charge is 0.310 e. The van der Waals surface area contributed by atoms with Crippen LogP contribution in [0.5, 0.6) is 11.5 Å². The summed E-state index contributed by atoms with van der Waals surface area (Å²) < 4.78 is 10.8. The lowest BCUT2D eigenvalue weighted by molar-refractivity contribution is -0.142. The molecule has 0 aromatic heterocycles. The highest BCUT2D eigenvalue weighted by Crippen LogP contribution is 2.31. The first-order chi connectivity index (χ1) is 16.3. The quantitative estimate of drug-likeness (QED) is 0.371. The Morgan fingerprint density at radius 1 is 1.06 bits per heavy atom. The fourth-order valence-electron chi connectivity index (χ4n) is 3.32. The Kier molecular flexibility index (Phi) is 8.33. The van der Waals surface area contributed by atoms with Gasteiger partial charge >= 0.3 is 5.97 Å². The first-order valence-electron chi connectivity index (χ1n) is 10.8. The second kappa shape index (κ2) is 11.4. The fraction of sp³-hybridized carbons (Fsp3) is 0.185. The van der Waals surface area contributed by atoms with Gasteiger partial charge in [0, 0.05) is 31.0 Å². The highest BCUT2D eigenvalue weighted by atomic mass is 35.5. The predicted octanol–water partition coefficient (Wildman–Crippen LogP) is 6.20. The molecule has 0 aliphatic heterocycles. The van der Waals surface area contributed by atoms with Gasteiger partial charge in [-0.2, -0.15) is 0 Å². The molecule has 176 valence electrons. The molecule has 0 radical (unpaired) electrons. The molecule has 1 amide bonds. The zero-order valence-corrected chi connectivity index (χ0v) is 20.2. The van der Waals surface area contributed by atoms with Crippen LogP contribution in [-0.2, 0) is 16.0 Å². The number of rotatable bonds is 9. The molecule has 0 bridgehead atoms. The van der Waals surface area contributed by atoms with Crippen LogP contribution in [0.1, 0.15) is 28.4 Å². The SMILES string of the molecule is C=Cc1cc(C(=O)Nc2ccc(Oc3ccc(CC(=O)OCC)cc3Cl)cc2)ccc1N(C)C. The second-order valence-electron chi connectivity index (χ2n) is 7.70. The topological polar surface area (TPSA) is 67.9 Å². The number of halogens is 1. The van der Waals surface area contributed by atoms with E-state index in [1.807, 2.05) is 31.1 Å². The Hall–Kier alpha value is -3.77. The van der Waals surface area contributed by atoms with Crippen LogP contribution in [0.2, 0.25) is 5.02 Å². The van der Waals surface area contributed by atoms with Gasteiger partial charge in [0.05, 0.1) is 18.1 Å². The first-order valence-corrected chi connectivity index (χ1v) is 11.2. The van der Waals surface area contributed by atoms with Crippen LogP contribution in [0.15, 0.2) is 67.2 Å². The van der Waals surface area contributed by atoms with Crippen molar-refractivity contribution in [2.24, 2.45) is 0 Å². The van der Waals surface area contributed by atoms with E-state index in [0.29, 0.717) is 34.4 Å². The molecule has 1 N–H and O–H groups in total. The molecule has 3 aromatic carbocycles. The van der Waals surface area contributed by atoms with Crippen molar-refractivity contribution in [1.82, 2.24) is 0 Å². The minimum Gasteiger partial charge on any atom is -0.466 e. The number of hydrogen-bond donors (Lipinski definition) is 1. The summed E-state index contributed by atoms with van der Waals surface area (Å²) in [4.78, 5) is 26.3. The average Bonchev–Trinajstić information content (AvgIpc) is 2.81. The van der Waals surface area contributed by atoms with E-state index in [9.17, 15) is 9.59 Å². The van der Waals surface area contributed by atoms with E-state index in [4.69, 9.17) is 21.1 Å². The maximum absolute atomic E-state index is 12.7. The van der Waals surface area contributed by atoms with Gasteiger partial charge in [-0.1, -0.05) is 30.3 Å². The van der Waals surface area contributed by atoms with Crippen molar-refractivity contribution in [3.8, 4) is 11.5 Å². The lowest BCUT2D eigenvalue weighted by Gasteiger charge is -2.16. The molecule has 0 aliphatic carbocycles. The number of amides is 1. The molecule has 0 unspecified atom stereocenters. The van der Waals surface area contributed by atoms with Crippen LogP contribution < -0.4 is 15.0 Å². The van der Waals surface area contributed by atoms with Crippen LogP contribution >= 0.6 is 11.6 Å². The number of benzene rings is 3. The molecule has 3 rings (SSSR count). The number of carbonyl (C=O) groups excluding carboxylic acids is 2. The molecule has 0 heterocycles. The zero-order chi connectivity index (χ0) is 24.7. The Morgan fingerprint density at radius 2 is 1.79 bits per heavy atom. The summed E-state index contributed by atoms with van der Waals surface area (Å²) in [6.07, 6.45) is 1.88. The van der Waals surface area contributed by atoms with Crippen molar-refractivity contribution in [1.29, 1.82) is 0 Å². The molecule has 0 saturated heterocycles. The Labute approximate surface area is 204 Å². The Bertz CT molecular complexity index is 1190. The Balaban J connectivity index is 1.65. The van der Waals surface area contributed by atoms with E-state index in [1.165, 1.54) is 0 Å². The number of esters is 1. The van der Waals surface area contributed by atoms with Crippen molar-refractivity contribution in [2.45, 2.75) is 13.3 Å². The number of ether oxygens (including phenoxy) is 2. The molecule has 0 spiro atoms. The highest BCUT2D eigenvalue weighted by molar-refractivity contribution is 6.32. The summed E-state index contributed by atoms with van der Waals surface area (Å²) in [6.45, 7) is 5.93. The first kappa shape index (κ1) is 24.9. The van der Waals surface area contributed by atoms with E-state index < -0.39 is 0 Å². The van der Waals surface area contributed by atoms with Crippen molar-refractivity contribution >= 4 is 40.9 Å². The van der Waals surface area contributed by atoms with Gasteiger partial charge in [-0.05, 0) is 72.6 Å². The molecule has 34 heavy (non-hydrogen) atoms. The van der Waals surface area contributed by atoms with E-state index in [2.05, 4.69) is 11.9 Å². The molecule has 7 heteroatoms. The summed E-state index contributed by atoms with van der Waals surface area (Å²) in [6, 6.07) is 17.6.